The van der Waals surface area contributed by atoms with Gasteiger partial charge in [0.25, 0.3) is 0 Å². The molecule has 5 aliphatic rings. The molecule has 0 radical (unpaired) electrons. The Balaban J connectivity index is 1.21. The van der Waals surface area contributed by atoms with E-state index in [1.54, 1.807) is 11.0 Å². The fourth-order valence-corrected chi connectivity index (χ4v) is 8.42. The van der Waals surface area contributed by atoms with Gasteiger partial charge >= 0.3 is 6.01 Å². The molecule has 4 aliphatic heterocycles. The summed E-state index contributed by atoms with van der Waals surface area (Å²) in [6.07, 6.45) is 10.8. The second-order valence-corrected chi connectivity index (χ2v) is 13.1. The van der Waals surface area contributed by atoms with Crippen molar-refractivity contribution in [1.29, 1.82) is 5.26 Å². The van der Waals surface area contributed by atoms with Crippen LogP contribution in [0.1, 0.15) is 67.3 Å². The first-order valence-corrected chi connectivity index (χ1v) is 16.4. The van der Waals surface area contributed by atoms with E-state index in [0.717, 1.165) is 98.5 Å². The van der Waals surface area contributed by atoms with Gasteiger partial charge in [0.2, 0.25) is 5.91 Å². The first-order chi connectivity index (χ1) is 21.5. The number of fused-ring (bicyclic) bond motifs is 3. The summed E-state index contributed by atoms with van der Waals surface area (Å²) in [7, 11) is 0. The zero-order valence-electron chi connectivity index (χ0n) is 25.6. The van der Waals surface area contributed by atoms with Crippen LogP contribution in [-0.2, 0) is 30.6 Å². The molecule has 0 bridgehead atoms. The molecule has 2 aromatic rings. The minimum Gasteiger partial charge on any atom is -0.461 e. The fraction of sp³-hybridized carbons (Fsp3) is 0.588. The number of hydrogen-bond donors (Lipinski definition) is 0. The average molecular weight is 600 g/mol. The Morgan fingerprint density at radius 1 is 1.02 bits per heavy atom. The molecule has 10 heteroatoms. The van der Waals surface area contributed by atoms with E-state index in [9.17, 15) is 14.4 Å². The largest absolute Gasteiger partial charge is 0.461 e. The zero-order chi connectivity index (χ0) is 30.3. The number of aromatic nitrogens is 2. The van der Waals surface area contributed by atoms with Gasteiger partial charge in [0.1, 0.15) is 18.2 Å². The van der Waals surface area contributed by atoms with Gasteiger partial charge in [0.15, 0.2) is 0 Å². The summed E-state index contributed by atoms with van der Waals surface area (Å²) in [5.74, 6) is 0.620. The van der Waals surface area contributed by atoms with Crippen molar-refractivity contribution in [3.63, 3.8) is 0 Å². The number of carbonyl (C=O) groups excluding carboxylic acids is 1. The number of carbonyl (C=O) groups is 1. The van der Waals surface area contributed by atoms with Gasteiger partial charge in [-0.25, -0.2) is 4.39 Å². The molecule has 3 fully saturated rings. The summed E-state index contributed by atoms with van der Waals surface area (Å²) < 4.78 is 21.2. The van der Waals surface area contributed by atoms with Crippen LogP contribution in [-0.4, -0.2) is 83.1 Å². The normalized spacial score (nSPS) is 22.6. The van der Waals surface area contributed by atoms with Gasteiger partial charge in [-0.3, -0.25) is 9.69 Å². The summed E-state index contributed by atoms with van der Waals surface area (Å²) in [4.78, 5) is 31.6. The van der Waals surface area contributed by atoms with Crippen molar-refractivity contribution in [3.8, 4) is 12.1 Å². The van der Waals surface area contributed by atoms with E-state index in [2.05, 4.69) is 27.3 Å². The monoisotopic (exact) mass is 599 g/mol. The molecule has 1 atom stereocenters. The van der Waals surface area contributed by atoms with Crippen LogP contribution in [0.3, 0.4) is 0 Å². The SMILES string of the molecule is C=CC(=O)N1CCN(c2nc(OCC34CCCN3CCC4)nc3c2CCN(c2ccc(F)c4c2CCCC4)C3)C[C@@H]1CC#N. The lowest BCUT2D eigenvalue weighted by atomic mass is 9.89. The highest BCUT2D eigenvalue weighted by molar-refractivity contribution is 5.87. The van der Waals surface area contributed by atoms with Gasteiger partial charge in [-0.1, -0.05) is 6.58 Å². The highest BCUT2D eigenvalue weighted by Gasteiger charge is 2.45. The molecule has 0 saturated carbocycles. The summed E-state index contributed by atoms with van der Waals surface area (Å²) >= 11 is 0. The number of rotatable bonds is 7. The first kappa shape index (κ1) is 29.0. The van der Waals surface area contributed by atoms with E-state index in [1.807, 2.05) is 6.07 Å². The van der Waals surface area contributed by atoms with Gasteiger partial charge in [-0.05, 0) is 100 Å². The van der Waals surface area contributed by atoms with Crippen molar-refractivity contribution in [2.75, 3.05) is 55.7 Å². The van der Waals surface area contributed by atoms with Crippen molar-refractivity contribution >= 4 is 17.4 Å². The van der Waals surface area contributed by atoms with E-state index < -0.39 is 0 Å². The molecular formula is C34H42FN7O2. The molecule has 44 heavy (non-hydrogen) atoms. The predicted molar refractivity (Wildman–Crippen MR) is 166 cm³/mol. The Morgan fingerprint density at radius 3 is 2.59 bits per heavy atom. The minimum absolute atomic E-state index is 0.0766. The summed E-state index contributed by atoms with van der Waals surface area (Å²) in [6.45, 7) is 9.52. The highest BCUT2D eigenvalue weighted by Crippen LogP contribution is 2.40. The van der Waals surface area contributed by atoms with Gasteiger partial charge in [-0.15, -0.1) is 0 Å². The van der Waals surface area contributed by atoms with Gasteiger partial charge in [0, 0.05) is 37.4 Å². The van der Waals surface area contributed by atoms with Crippen LogP contribution < -0.4 is 14.5 Å². The smallest absolute Gasteiger partial charge is 0.318 e. The topological polar surface area (TPSA) is 88.8 Å². The molecule has 9 nitrogen and oxygen atoms in total. The maximum atomic E-state index is 14.7. The lowest BCUT2D eigenvalue weighted by molar-refractivity contribution is -0.128. The summed E-state index contributed by atoms with van der Waals surface area (Å²) in [6, 6.07) is 5.99. The lowest BCUT2D eigenvalue weighted by Gasteiger charge is -2.42. The Morgan fingerprint density at radius 2 is 1.82 bits per heavy atom. The molecule has 1 aromatic heterocycles. The van der Waals surface area contributed by atoms with Gasteiger partial charge < -0.3 is 19.4 Å². The number of nitrogens with zero attached hydrogens (tertiary/aromatic N) is 7. The molecule has 1 aromatic carbocycles. The standard InChI is InChI=1S/C34H42FN7O2/c1-2-31(43)42-20-19-40(21-24(42)11-15-36)32-27-12-18-39(30-10-9-28(35)25-7-3-4-8-26(25)30)22-29(27)37-33(38-32)44-23-34-13-5-16-41(34)17-6-14-34/h2,9-10,24H,1,3-8,11-14,16-23H2/t24-/m0/s1. The van der Waals surface area contributed by atoms with E-state index in [1.165, 1.54) is 18.9 Å². The Labute approximate surface area is 259 Å². The second kappa shape index (κ2) is 12.0. The van der Waals surface area contributed by atoms with Crippen molar-refractivity contribution < 1.29 is 13.9 Å². The quantitative estimate of drug-likeness (QED) is 0.438. The fourth-order valence-electron chi connectivity index (χ4n) is 8.42. The van der Waals surface area contributed by atoms with Crippen LogP contribution in [0.15, 0.2) is 24.8 Å². The second-order valence-electron chi connectivity index (χ2n) is 13.1. The number of hydrogen-bond acceptors (Lipinski definition) is 8. The first-order valence-electron chi connectivity index (χ1n) is 16.4. The van der Waals surface area contributed by atoms with E-state index in [0.29, 0.717) is 38.8 Å². The molecule has 232 valence electrons. The molecule has 1 amide bonds. The van der Waals surface area contributed by atoms with E-state index >= 15 is 0 Å². The van der Waals surface area contributed by atoms with Crippen molar-refractivity contribution in [2.24, 2.45) is 0 Å². The van der Waals surface area contributed by atoms with Crippen LogP contribution in [0.5, 0.6) is 6.01 Å². The van der Waals surface area contributed by atoms with Crippen LogP contribution in [0.4, 0.5) is 15.9 Å². The molecule has 7 rings (SSSR count). The lowest BCUT2D eigenvalue weighted by Crippen LogP contribution is -2.55. The number of nitriles is 1. The third kappa shape index (κ3) is 5.19. The van der Waals surface area contributed by atoms with Gasteiger partial charge in [-0.2, -0.15) is 15.2 Å². The van der Waals surface area contributed by atoms with Gasteiger partial charge in [0.05, 0.1) is 36.3 Å². The highest BCUT2D eigenvalue weighted by atomic mass is 19.1. The molecule has 0 unspecified atom stereocenters. The maximum absolute atomic E-state index is 14.7. The van der Waals surface area contributed by atoms with Crippen molar-refractivity contribution in [2.45, 2.75) is 82.3 Å². The van der Waals surface area contributed by atoms with E-state index in [4.69, 9.17) is 14.7 Å². The number of anilines is 2. The third-order valence-corrected chi connectivity index (χ3v) is 10.7. The summed E-state index contributed by atoms with van der Waals surface area (Å²) in [5.41, 5.74) is 5.26. The number of ether oxygens (including phenoxy) is 1. The Hall–Kier alpha value is -3.71. The van der Waals surface area contributed by atoms with Crippen LogP contribution in [0, 0.1) is 17.1 Å². The van der Waals surface area contributed by atoms with Crippen LogP contribution in [0.25, 0.3) is 0 Å². The molecular weight excluding hydrogens is 557 g/mol. The van der Waals surface area contributed by atoms with Crippen LogP contribution >= 0.6 is 0 Å². The third-order valence-electron chi connectivity index (χ3n) is 10.7. The Kier molecular flexibility index (Phi) is 7.91. The molecule has 0 N–H and O–H groups in total. The predicted octanol–water partition coefficient (Wildman–Crippen LogP) is 4.18. The molecule has 1 aliphatic carbocycles. The minimum atomic E-state index is -0.246. The summed E-state index contributed by atoms with van der Waals surface area (Å²) in [5, 5.41) is 9.56. The molecule has 5 heterocycles. The zero-order valence-corrected chi connectivity index (χ0v) is 25.6. The number of halogens is 1. The average Bonchev–Trinajstić information content (AvgIpc) is 3.64. The van der Waals surface area contributed by atoms with Crippen molar-refractivity contribution in [1.82, 2.24) is 19.8 Å². The Bertz CT molecular complexity index is 1480. The number of benzene rings is 1. The molecule has 3 saturated heterocycles. The van der Waals surface area contributed by atoms with Crippen LogP contribution in [0.2, 0.25) is 0 Å². The van der Waals surface area contributed by atoms with Crippen molar-refractivity contribution in [3.05, 3.63) is 53.0 Å². The van der Waals surface area contributed by atoms with E-state index in [-0.39, 0.29) is 29.7 Å². The molecule has 0 spiro atoms. The number of piperazine rings is 1. The maximum Gasteiger partial charge on any atom is 0.318 e. The number of amides is 1.